The van der Waals surface area contributed by atoms with Crippen LogP contribution in [0.5, 0.6) is 0 Å². The zero-order chi connectivity index (χ0) is 17.6. The van der Waals surface area contributed by atoms with Gasteiger partial charge in [-0.15, -0.1) is 0 Å². The lowest BCUT2D eigenvalue weighted by Gasteiger charge is -2.08. The average Bonchev–Trinajstić information content (AvgIpc) is 2.94. The van der Waals surface area contributed by atoms with Crippen molar-refractivity contribution in [3.05, 3.63) is 10.4 Å². The number of ketones is 1. The summed E-state index contributed by atoms with van der Waals surface area (Å²) in [4.78, 5) is 37.3. The quantitative estimate of drug-likeness (QED) is 0.129. The zero-order valence-electron chi connectivity index (χ0n) is 14.5. The standard InChI is InChI=1S/C16H26N4O4.CH4.H2S/c17-20-18-10-7-5-3-1-2-4-6-8-13(21)12-15(22)19-14-9-11-24-16(14)23;;/h14H,1-12H2,(H,19,22);1H4;1H2/t14-;;/m0../s1. The Labute approximate surface area is 162 Å². The number of rotatable bonds is 13. The molecule has 1 aliphatic heterocycles. The van der Waals surface area contributed by atoms with Gasteiger partial charge in [0.15, 0.2) is 0 Å². The molecule has 1 saturated heterocycles. The predicted molar refractivity (Wildman–Crippen MR) is 105 cm³/mol. The fourth-order valence-electron chi connectivity index (χ4n) is 2.57. The van der Waals surface area contributed by atoms with Crippen LogP contribution in [-0.4, -0.2) is 36.9 Å². The smallest absolute Gasteiger partial charge is 0.328 e. The first-order chi connectivity index (χ1) is 11.6. The van der Waals surface area contributed by atoms with E-state index in [2.05, 4.69) is 15.3 Å². The third kappa shape index (κ3) is 12.6. The number of cyclic esters (lactones) is 1. The molecule has 150 valence electrons. The lowest BCUT2D eigenvalue weighted by atomic mass is 10.1. The lowest BCUT2D eigenvalue weighted by molar-refractivity contribution is -0.142. The summed E-state index contributed by atoms with van der Waals surface area (Å²) < 4.78 is 4.75. The molecule has 0 aromatic rings. The topological polar surface area (TPSA) is 121 Å². The molecule has 1 fully saturated rings. The first kappa shape index (κ1) is 26.5. The Hall–Kier alpha value is -1.73. The van der Waals surface area contributed by atoms with E-state index in [0.717, 1.165) is 44.9 Å². The van der Waals surface area contributed by atoms with Crippen molar-refractivity contribution >= 4 is 31.2 Å². The summed E-state index contributed by atoms with van der Waals surface area (Å²) in [7, 11) is 0. The molecule has 0 spiro atoms. The highest BCUT2D eigenvalue weighted by Gasteiger charge is 2.28. The van der Waals surface area contributed by atoms with Gasteiger partial charge in [0.2, 0.25) is 5.91 Å². The first-order valence-electron chi connectivity index (χ1n) is 8.62. The molecule has 0 radical (unpaired) electrons. The number of Topliss-reactive ketones (excluding diaryl/α,β-unsaturated/α-hetero) is 1. The second-order valence-corrected chi connectivity index (χ2v) is 5.97. The lowest BCUT2D eigenvalue weighted by Crippen LogP contribution is -2.38. The minimum absolute atomic E-state index is 0. The van der Waals surface area contributed by atoms with Crippen molar-refractivity contribution in [2.45, 2.75) is 77.7 Å². The van der Waals surface area contributed by atoms with E-state index in [-0.39, 0.29) is 33.1 Å². The van der Waals surface area contributed by atoms with E-state index in [1.165, 1.54) is 0 Å². The maximum Gasteiger partial charge on any atom is 0.328 e. The van der Waals surface area contributed by atoms with Crippen molar-refractivity contribution in [3.63, 3.8) is 0 Å². The summed E-state index contributed by atoms with van der Waals surface area (Å²) >= 11 is 0. The van der Waals surface area contributed by atoms with E-state index >= 15 is 0 Å². The zero-order valence-corrected chi connectivity index (χ0v) is 15.5. The van der Waals surface area contributed by atoms with Crippen LogP contribution in [0, 0.1) is 0 Å². The maximum absolute atomic E-state index is 11.7. The van der Waals surface area contributed by atoms with Gasteiger partial charge in [-0.3, -0.25) is 9.59 Å². The first-order valence-corrected chi connectivity index (χ1v) is 8.62. The van der Waals surface area contributed by atoms with E-state index < -0.39 is 17.9 Å². The third-order valence-corrected chi connectivity index (χ3v) is 3.91. The van der Waals surface area contributed by atoms with Gasteiger partial charge >= 0.3 is 5.97 Å². The molecule has 8 nitrogen and oxygen atoms in total. The molecular formula is C17H32N4O4S. The van der Waals surface area contributed by atoms with Crippen molar-refractivity contribution in [2.24, 2.45) is 5.11 Å². The van der Waals surface area contributed by atoms with Crippen LogP contribution in [0.4, 0.5) is 0 Å². The SMILES string of the molecule is C.S.[N-]=[N+]=NCCCCCCCCCC(=O)CC(=O)N[C@H]1CCOC1=O. The molecule has 0 aromatic carbocycles. The number of unbranched alkanes of at least 4 members (excludes halogenated alkanes) is 6. The Kier molecular flexibility index (Phi) is 17.0. The number of amides is 1. The summed E-state index contributed by atoms with van der Waals surface area (Å²) in [6.07, 6.45) is 7.73. The van der Waals surface area contributed by atoms with Crippen molar-refractivity contribution in [1.82, 2.24) is 5.32 Å². The fraction of sp³-hybridized carbons (Fsp3) is 0.824. The van der Waals surface area contributed by atoms with Crippen LogP contribution in [0.15, 0.2) is 5.11 Å². The van der Waals surface area contributed by atoms with Gasteiger partial charge in [-0.25, -0.2) is 4.79 Å². The molecule has 1 rings (SSSR count). The molecule has 0 bridgehead atoms. The van der Waals surface area contributed by atoms with Crippen LogP contribution in [0.25, 0.3) is 10.4 Å². The molecule has 0 aliphatic carbocycles. The Morgan fingerprint density at radius 1 is 1.15 bits per heavy atom. The Bertz CT molecular complexity index is 481. The Morgan fingerprint density at radius 2 is 1.77 bits per heavy atom. The molecule has 0 saturated carbocycles. The van der Waals surface area contributed by atoms with Crippen molar-refractivity contribution < 1.29 is 19.1 Å². The van der Waals surface area contributed by atoms with E-state index in [9.17, 15) is 14.4 Å². The normalized spacial score (nSPS) is 15.1. The average molecular weight is 389 g/mol. The van der Waals surface area contributed by atoms with Crippen LogP contribution in [-0.2, 0) is 19.1 Å². The second kappa shape index (κ2) is 16.7. The van der Waals surface area contributed by atoms with E-state index in [0.29, 0.717) is 26.0 Å². The Balaban J connectivity index is 0. The maximum atomic E-state index is 11.7. The van der Waals surface area contributed by atoms with Gasteiger partial charge in [-0.1, -0.05) is 44.6 Å². The van der Waals surface area contributed by atoms with Gasteiger partial charge in [-0.2, -0.15) is 13.5 Å². The minimum atomic E-state index is -0.593. The largest absolute Gasteiger partial charge is 0.464 e. The second-order valence-electron chi connectivity index (χ2n) is 5.97. The number of nitrogens with one attached hydrogen (secondary N) is 1. The molecule has 1 atom stereocenters. The number of azide groups is 1. The highest BCUT2D eigenvalue weighted by molar-refractivity contribution is 7.59. The number of carbonyl (C=O) groups excluding carboxylic acids is 3. The third-order valence-electron chi connectivity index (χ3n) is 3.91. The van der Waals surface area contributed by atoms with Gasteiger partial charge in [0.1, 0.15) is 11.8 Å². The van der Waals surface area contributed by atoms with E-state index in [4.69, 9.17) is 10.3 Å². The molecule has 0 aromatic heterocycles. The molecule has 1 amide bonds. The molecule has 1 aliphatic rings. The molecular weight excluding hydrogens is 356 g/mol. The Morgan fingerprint density at radius 3 is 2.35 bits per heavy atom. The number of carbonyl (C=O) groups is 3. The number of ether oxygens (including phenoxy) is 1. The monoisotopic (exact) mass is 388 g/mol. The summed E-state index contributed by atoms with van der Waals surface area (Å²) in [5.74, 6) is -0.910. The van der Waals surface area contributed by atoms with Gasteiger partial charge in [-0.05, 0) is 18.4 Å². The minimum Gasteiger partial charge on any atom is -0.464 e. The fourth-order valence-corrected chi connectivity index (χ4v) is 2.57. The molecule has 9 heteroatoms. The summed E-state index contributed by atoms with van der Waals surface area (Å²) in [6.45, 7) is 0.884. The van der Waals surface area contributed by atoms with E-state index in [1.54, 1.807) is 0 Å². The highest BCUT2D eigenvalue weighted by atomic mass is 32.1. The summed E-state index contributed by atoms with van der Waals surface area (Å²) in [6, 6.07) is -0.593. The molecule has 1 heterocycles. The number of hydrogen-bond donors (Lipinski definition) is 1. The predicted octanol–water partition coefficient (Wildman–Crippen LogP) is 3.56. The van der Waals surface area contributed by atoms with Gasteiger partial charge in [0.25, 0.3) is 0 Å². The highest BCUT2D eigenvalue weighted by Crippen LogP contribution is 2.10. The van der Waals surface area contributed by atoms with Crippen LogP contribution in [0.1, 0.15) is 71.6 Å². The van der Waals surface area contributed by atoms with Crippen molar-refractivity contribution in [2.75, 3.05) is 13.2 Å². The molecule has 1 N–H and O–H groups in total. The molecule has 26 heavy (non-hydrogen) atoms. The van der Waals surface area contributed by atoms with Crippen LogP contribution in [0.2, 0.25) is 0 Å². The van der Waals surface area contributed by atoms with Gasteiger partial charge in [0.05, 0.1) is 13.0 Å². The van der Waals surface area contributed by atoms with Crippen molar-refractivity contribution in [3.8, 4) is 0 Å². The number of esters is 1. The summed E-state index contributed by atoms with van der Waals surface area (Å²) in [5, 5.41) is 6.02. The van der Waals surface area contributed by atoms with Crippen LogP contribution >= 0.6 is 13.5 Å². The van der Waals surface area contributed by atoms with Crippen LogP contribution < -0.4 is 5.32 Å². The van der Waals surface area contributed by atoms with E-state index in [1.807, 2.05) is 0 Å². The van der Waals surface area contributed by atoms with Crippen LogP contribution in [0.3, 0.4) is 0 Å². The van der Waals surface area contributed by atoms with Gasteiger partial charge < -0.3 is 10.1 Å². The molecule has 0 unspecified atom stereocenters. The van der Waals surface area contributed by atoms with Gasteiger partial charge in [0, 0.05) is 24.3 Å². The number of nitrogens with zero attached hydrogens (tertiary/aromatic N) is 3. The summed E-state index contributed by atoms with van der Waals surface area (Å²) in [5.41, 5.74) is 8.13. The van der Waals surface area contributed by atoms with Crippen molar-refractivity contribution in [1.29, 1.82) is 0 Å². The number of hydrogen-bond acceptors (Lipinski definition) is 5.